The molecular weight excluding hydrogens is 413 g/mol. The number of rotatable bonds is 8. The zero-order valence-electron chi connectivity index (χ0n) is 16.4. The molecule has 164 valence electrons. The minimum Gasteiger partial charge on any atom is -0.394 e. The number of carbonyl (C=O) groups excluding carboxylic acids is 1. The van der Waals surface area contributed by atoms with Crippen molar-refractivity contribution < 1.29 is 33.3 Å². The van der Waals surface area contributed by atoms with Crippen LogP contribution in [0.4, 0.5) is 18.9 Å². The summed E-state index contributed by atoms with van der Waals surface area (Å²) in [5.74, 6) is -1.10. The third kappa shape index (κ3) is 5.22. The molecule has 1 fully saturated rings. The van der Waals surface area contributed by atoms with Crippen molar-refractivity contribution in [2.24, 2.45) is 0 Å². The molecule has 3 N–H and O–H groups in total. The van der Waals surface area contributed by atoms with Crippen molar-refractivity contribution in [1.82, 2.24) is 0 Å². The van der Waals surface area contributed by atoms with Crippen molar-refractivity contribution in [2.45, 2.75) is 31.2 Å². The molecule has 0 saturated carbocycles. The number of ketones is 1. The topological polar surface area (TPSA) is 105 Å². The Balaban J connectivity index is 1.97. The number of aliphatic hydroxyl groups excluding tert-OH is 3. The molecule has 2 aromatic carbocycles. The molecule has 0 aliphatic carbocycles. The number of hydrogen-bond donors (Lipinski definition) is 3. The van der Waals surface area contributed by atoms with Crippen LogP contribution in [-0.4, -0.2) is 59.2 Å². The highest BCUT2D eigenvalue weighted by atomic mass is 19.4. The third-order valence-corrected chi connectivity index (χ3v) is 5.15. The van der Waals surface area contributed by atoms with E-state index in [9.17, 15) is 33.4 Å². The van der Waals surface area contributed by atoms with Gasteiger partial charge in [-0.2, -0.15) is 18.4 Å². The van der Waals surface area contributed by atoms with Gasteiger partial charge in [0.15, 0.2) is 5.78 Å². The van der Waals surface area contributed by atoms with Crippen molar-refractivity contribution in [3.63, 3.8) is 0 Å². The van der Waals surface area contributed by atoms with Crippen molar-refractivity contribution >= 4 is 27.8 Å². The molecule has 2 aromatic rings. The largest absolute Gasteiger partial charge is 0.418 e. The van der Waals surface area contributed by atoms with Crippen LogP contribution in [0.25, 0.3) is 16.3 Å². The second-order valence-electron chi connectivity index (χ2n) is 7.37. The van der Waals surface area contributed by atoms with Gasteiger partial charge in [0.05, 0.1) is 18.3 Å². The molecule has 0 radical (unpaired) electrons. The van der Waals surface area contributed by atoms with Gasteiger partial charge in [0.1, 0.15) is 17.7 Å². The number of benzene rings is 2. The smallest absolute Gasteiger partial charge is 0.394 e. The monoisotopic (exact) mass is 434 g/mol. The fourth-order valence-corrected chi connectivity index (χ4v) is 3.32. The minimum atomic E-state index is -4.96. The SMILES string of the molecule is N#C/C(C(=O)CCC(O)C(O)CO)=C(\c1ccc2cc(N3CC3)ccc2c1)C(F)(F)F. The maximum atomic E-state index is 13.9. The zero-order chi connectivity index (χ0) is 22.8. The Morgan fingerprint density at radius 1 is 1.10 bits per heavy atom. The summed E-state index contributed by atoms with van der Waals surface area (Å²) in [5, 5.41) is 38.4. The van der Waals surface area contributed by atoms with Crippen LogP contribution < -0.4 is 4.90 Å². The molecule has 9 heteroatoms. The molecule has 1 saturated heterocycles. The minimum absolute atomic E-state index is 0.305. The van der Waals surface area contributed by atoms with Crippen molar-refractivity contribution in [3.05, 3.63) is 47.5 Å². The lowest BCUT2D eigenvalue weighted by Crippen LogP contribution is -2.30. The molecule has 1 aliphatic rings. The summed E-state index contributed by atoms with van der Waals surface area (Å²) in [7, 11) is 0. The molecule has 0 bridgehead atoms. The number of nitriles is 1. The number of aliphatic hydroxyl groups is 3. The molecule has 0 spiro atoms. The number of hydrogen-bond acceptors (Lipinski definition) is 6. The molecule has 1 aliphatic heterocycles. The van der Waals surface area contributed by atoms with Gasteiger partial charge in [-0.05, 0) is 41.0 Å². The molecular formula is C22H21F3N2O4. The van der Waals surface area contributed by atoms with Crippen LogP contribution in [0.2, 0.25) is 0 Å². The van der Waals surface area contributed by atoms with E-state index in [1.165, 1.54) is 24.3 Å². The van der Waals surface area contributed by atoms with Crippen LogP contribution in [0.1, 0.15) is 18.4 Å². The molecule has 1 heterocycles. The normalized spacial score (nSPS) is 16.5. The first-order valence-corrected chi connectivity index (χ1v) is 9.66. The van der Waals surface area contributed by atoms with E-state index < -0.39 is 54.8 Å². The first-order valence-electron chi connectivity index (χ1n) is 9.66. The van der Waals surface area contributed by atoms with Crippen LogP contribution in [-0.2, 0) is 4.79 Å². The highest BCUT2D eigenvalue weighted by molar-refractivity contribution is 6.07. The van der Waals surface area contributed by atoms with Gasteiger partial charge in [0.25, 0.3) is 0 Å². The van der Waals surface area contributed by atoms with Gasteiger partial charge in [0.2, 0.25) is 0 Å². The van der Waals surface area contributed by atoms with Gasteiger partial charge in [-0.3, -0.25) is 4.79 Å². The molecule has 3 rings (SSSR count). The lowest BCUT2D eigenvalue weighted by molar-refractivity contribution is -0.116. The van der Waals surface area contributed by atoms with E-state index in [1.54, 1.807) is 12.1 Å². The van der Waals surface area contributed by atoms with Gasteiger partial charge in [0, 0.05) is 25.2 Å². The highest BCUT2D eigenvalue weighted by Crippen LogP contribution is 2.38. The van der Waals surface area contributed by atoms with Gasteiger partial charge >= 0.3 is 6.18 Å². The number of fused-ring (bicyclic) bond motifs is 1. The summed E-state index contributed by atoms with van der Waals surface area (Å²) < 4.78 is 41.6. The first kappa shape index (κ1) is 22.7. The van der Waals surface area contributed by atoms with Gasteiger partial charge in [-0.15, -0.1) is 0 Å². The summed E-state index contributed by atoms with van der Waals surface area (Å²) in [5.41, 5.74) is -1.73. The van der Waals surface area contributed by atoms with Crippen molar-refractivity contribution in [2.75, 3.05) is 24.6 Å². The lowest BCUT2D eigenvalue weighted by atomic mass is 9.93. The fraction of sp³-hybridized carbons (Fsp3) is 0.364. The third-order valence-electron chi connectivity index (χ3n) is 5.15. The summed E-state index contributed by atoms with van der Waals surface area (Å²) in [6.07, 6.45) is -8.97. The van der Waals surface area contributed by atoms with Gasteiger partial charge in [-0.1, -0.05) is 18.2 Å². The van der Waals surface area contributed by atoms with Crippen LogP contribution >= 0.6 is 0 Å². The quantitative estimate of drug-likeness (QED) is 0.335. The Hall–Kier alpha value is -2.93. The van der Waals surface area contributed by atoms with E-state index in [0.717, 1.165) is 24.2 Å². The molecule has 0 amide bonds. The predicted molar refractivity (Wildman–Crippen MR) is 108 cm³/mol. The fourth-order valence-electron chi connectivity index (χ4n) is 3.32. The lowest BCUT2D eigenvalue weighted by Gasteiger charge is -2.17. The van der Waals surface area contributed by atoms with Crippen LogP contribution in [0.3, 0.4) is 0 Å². The van der Waals surface area contributed by atoms with Crippen molar-refractivity contribution in [3.8, 4) is 6.07 Å². The molecule has 31 heavy (non-hydrogen) atoms. The molecule has 0 aromatic heterocycles. The summed E-state index contributed by atoms with van der Waals surface area (Å²) in [6, 6.07) is 10.8. The number of halogens is 3. The summed E-state index contributed by atoms with van der Waals surface area (Å²) >= 11 is 0. The van der Waals surface area contributed by atoms with Crippen molar-refractivity contribution in [1.29, 1.82) is 5.26 Å². The van der Waals surface area contributed by atoms with E-state index in [4.69, 9.17) is 5.11 Å². The average Bonchev–Trinajstić information content (AvgIpc) is 3.58. The number of nitrogens with zero attached hydrogens (tertiary/aromatic N) is 2. The second kappa shape index (κ2) is 9.06. The zero-order valence-corrected chi connectivity index (χ0v) is 16.4. The van der Waals surface area contributed by atoms with E-state index in [0.29, 0.717) is 5.39 Å². The van der Waals surface area contributed by atoms with Crippen LogP contribution in [0.15, 0.2) is 42.0 Å². The molecule has 2 unspecified atom stereocenters. The Morgan fingerprint density at radius 2 is 1.74 bits per heavy atom. The van der Waals surface area contributed by atoms with Crippen LogP contribution in [0, 0.1) is 11.3 Å². The number of allylic oxidation sites excluding steroid dienone is 2. The van der Waals surface area contributed by atoms with Gasteiger partial charge < -0.3 is 20.2 Å². The summed E-state index contributed by atoms with van der Waals surface area (Å²) in [6.45, 7) is 1.10. The van der Waals surface area contributed by atoms with E-state index >= 15 is 0 Å². The van der Waals surface area contributed by atoms with E-state index in [2.05, 4.69) is 4.90 Å². The standard InChI is InChI=1S/C22H21F3N2O4/c23-22(24,25)21(17(11-26)18(29)5-6-19(30)20(31)12-28)15-2-1-14-10-16(27-7-8-27)4-3-13(14)9-15/h1-4,9-10,19-20,28,30-31H,5-8,12H2/b21-17-. The molecule has 2 atom stereocenters. The number of carbonyl (C=O) groups is 1. The molecule has 6 nitrogen and oxygen atoms in total. The van der Waals surface area contributed by atoms with Crippen LogP contribution in [0.5, 0.6) is 0 Å². The summed E-state index contributed by atoms with van der Waals surface area (Å²) in [4.78, 5) is 14.5. The van der Waals surface area contributed by atoms with E-state index in [-0.39, 0.29) is 5.56 Å². The predicted octanol–water partition coefficient (Wildman–Crippen LogP) is 2.56. The van der Waals surface area contributed by atoms with E-state index in [1.807, 2.05) is 6.07 Å². The first-order chi connectivity index (χ1) is 14.7. The maximum Gasteiger partial charge on any atom is 0.418 e. The number of alkyl halides is 3. The number of anilines is 1. The Labute approximate surface area is 176 Å². The second-order valence-corrected chi connectivity index (χ2v) is 7.37. The Morgan fingerprint density at radius 3 is 2.32 bits per heavy atom. The Kier molecular flexibility index (Phi) is 6.65. The van der Waals surface area contributed by atoms with Gasteiger partial charge in [-0.25, -0.2) is 0 Å². The Bertz CT molecular complexity index is 1050. The maximum absolute atomic E-state index is 13.9. The average molecular weight is 434 g/mol. The highest BCUT2D eigenvalue weighted by Gasteiger charge is 2.39. The number of Topliss-reactive ketones (excluding diaryl/α,β-unsaturated/α-hetero) is 1.